The second-order valence-corrected chi connectivity index (χ2v) is 4.20. The van der Waals surface area contributed by atoms with E-state index in [1.54, 1.807) is 19.2 Å². The summed E-state index contributed by atoms with van der Waals surface area (Å²) in [5, 5.41) is 9.58. The van der Waals surface area contributed by atoms with Gasteiger partial charge in [0, 0.05) is 7.11 Å². The number of fused-ring (bicyclic) bond motifs is 2. The first kappa shape index (κ1) is 10.4. The molecule has 0 saturated heterocycles. The fraction of sp³-hybridized carbons (Fsp3) is 0.143. The van der Waals surface area contributed by atoms with E-state index in [4.69, 9.17) is 4.74 Å². The van der Waals surface area contributed by atoms with Crippen LogP contribution in [0.5, 0.6) is 5.75 Å². The summed E-state index contributed by atoms with van der Waals surface area (Å²) in [6.07, 6.45) is -0.0988. The van der Waals surface area contributed by atoms with Crippen molar-refractivity contribution in [2.75, 3.05) is 7.11 Å². The van der Waals surface area contributed by atoms with E-state index in [2.05, 4.69) is 19.4 Å². The van der Waals surface area contributed by atoms with Crippen LogP contribution in [0.15, 0.2) is 42.5 Å². The summed E-state index contributed by atoms with van der Waals surface area (Å²) in [6.45, 7) is 0. The lowest BCUT2D eigenvalue weighted by Crippen LogP contribution is -2.39. The number of aromatic hydroxyl groups is 1. The number of phenolic OH excluding ortho intramolecular Hbond substituents is 1. The number of benzene rings is 2. The molecule has 0 bridgehead atoms. The van der Waals surface area contributed by atoms with Crippen molar-refractivity contribution < 1.29 is 9.84 Å². The van der Waals surface area contributed by atoms with Gasteiger partial charge in [-0.2, -0.15) is 0 Å². The molecule has 2 nitrogen and oxygen atoms in total. The van der Waals surface area contributed by atoms with Gasteiger partial charge in [0.25, 0.3) is 0 Å². The first-order chi connectivity index (χ1) is 8.29. The summed E-state index contributed by atoms with van der Waals surface area (Å²) < 4.78 is 5.57. The largest absolute Gasteiger partial charge is 0.508 e. The molecular weight excluding hydrogens is 211 g/mol. The quantitative estimate of drug-likeness (QED) is 0.733. The molecule has 1 aliphatic rings. The molecule has 0 fully saturated rings. The molecule has 0 saturated carbocycles. The average molecular weight is 223 g/mol. The third-order valence-corrected chi connectivity index (χ3v) is 3.18. The van der Waals surface area contributed by atoms with Gasteiger partial charge in [0.1, 0.15) is 11.9 Å². The van der Waals surface area contributed by atoms with E-state index < -0.39 is 0 Å². The van der Waals surface area contributed by atoms with Crippen molar-refractivity contribution >= 4 is 18.2 Å². The summed E-state index contributed by atoms with van der Waals surface area (Å²) in [6, 6.07) is 13.6. The van der Waals surface area contributed by atoms with Crippen molar-refractivity contribution in [1.82, 2.24) is 0 Å². The Morgan fingerprint density at radius 1 is 1.06 bits per heavy atom. The van der Waals surface area contributed by atoms with E-state index in [1.165, 1.54) is 5.46 Å². The zero-order valence-corrected chi connectivity index (χ0v) is 9.55. The van der Waals surface area contributed by atoms with Gasteiger partial charge < -0.3 is 9.84 Å². The highest BCUT2D eigenvalue weighted by Gasteiger charge is 2.25. The van der Waals surface area contributed by atoms with E-state index in [0.717, 1.165) is 16.6 Å². The van der Waals surface area contributed by atoms with Crippen LogP contribution in [0.4, 0.5) is 0 Å². The summed E-state index contributed by atoms with van der Waals surface area (Å²) in [4.78, 5) is 0. The summed E-state index contributed by atoms with van der Waals surface area (Å²) in [5.74, 6) is 0.276. The first-order valence-electron chi connectivity index (χ1n) is 5.59. The third-order valence-electron chi connectivity index (χ3n) is 3.18. The van der Waals surface area contributed by atoms with Crippen LogP contribution in [-0.2, 0) is 4.74 Å². The first-order valence-corrected chi connectivity index (χ1v) is 5.59. The Hall–Kier alpha value is -1.74. The molecular formula is C14H12BO2. The number of hydrogen-bond donors (Lipinski definition) is 1. The Kier molecular flexibility index (Phi) is 2.41. The lowest BCUT2D eigenvalue weighted by molar-refractivity contribution is 0.137. The Balaban J connectivity index is 2.19. The van der Waals surface area contributed by atoms with Crippen LogP contribution in [0.1, 0.15) is 17.2 Å². The molecule has 2 aromatic carbocycles. The van der Waals surface area contributed by atoms with Crippen molar-refractivity contribution in [3.05, 3.63) is 53.6 Å². The van der Waals surface area contributed by atoms with Crippen LogP contribution < -0.4 is 10.9 Å². The Morgan fingerprint density at radius 2 is 1.82 bits per heavy atom. The van der Waals surface area contributed by atoms with Gasteiger partial charge in [0.2, 0.25) is 0 Å². The molecule has 1 N–H and O–H groups in total. The highest BCUT2D eigenvalue weighted by Crippen LogP contribution is 2.27. The van der Waals surface area contributed by atoms with Gasteiger partial charge >= 0.3 is 0 Å². The predicted molar refractivity (Wildman–Crippen MR) is 68.4 cm³/mol. The van der Waals surface area contributed by atoms with Gasteiger partial charge in [-0.25, -0.2) is 0 Å². The number of rotatable bonds is 1. The lowest BCUT2D eigenvalue weighted by Gasteiger charge is -2.27. The molecule has 2 aromatic rings. The molecule has 83 valence electrons. The smallest absolute Gasteiger partial charge is 0.192 e. The van der Waals surface area contributed by atoms with Gasteiger partial charge in [0.15, 0.2) is 7.28 Å². The molecule has 0 spiro atoms. The van der Waals surface area contributed by atoms with E-state index in [9.17, 15) is 5.11 Å². The molecule has 1 aliphatic heterocycles. The fourth-order valence-electron chi connectivity index (χ4n) is 2.39. The van der Waals surface area contributed by atoms with Crippen LogP contribution in [0.2, 0.25) is 0 Å². The Morgan fingerprint density at radius 3 is 2.65 bits per heavy atom. The molecule has 1 atom stereocenters. The van der Waals surface area contributed by atoms with Crippen LogP contribution >= 0.6 is 0 Å². The third kappa shape index (κ3) is 1.63. The minimum atomic E-state index is -0.0988. The molecule has 17 heavy (non-hydrogen) atoms. The van der Waals surface area contributed by atoms with Crippen molar-refractivity contribution in [3.63, 3.8) is 0 Å². The molecule has 1 unspecified atom stereocenters. The van der Waals surface area contributed by atoms with Crippen molar-refractivity contribution in [3.8, 4) is 5.75 Å². The Labute approximate surface area is 101 Å². The maximum Gasteiger partial charge on any atom is 0.192 e. The second-order valence-electron chi connectivity index (χ2n) is 4.20. The topological polar surface area (TPSA) is 29.5 Å². The van der Waals surface area contributed by atoms with Crippen molar-refractivity contribution in [1.29, 1.82) is 0 Å². The van der Waals surface area contributed by atoms with Gasteiger partial charge in [-0.05, 0) is 23.3 Å². The summed E-state index contributed by atoms with van der Waals surface area (Å²) >= 11 is 0. The molecule has 3 rings (SSSR count). The zero-order valence-electron chi connectivity index (χ0n) is 9.55. The molecule has 1 heterocycles. The maximum atomic E-state index is 9.58. The highest BCUT2D eigenvalue weighted by molar-refractivity contribution is 6.69. The van der Waals surface area contributed by atoms with E-state index >= 15 is 0 Å². The fourth-order valence-corrected chi connectivity index (χ4v) is 2.39. The van der Waals surface area contributed by atoms with Crippen LogP contribution in [0.3, 0.4) is 0 Å². The number of phenols is 1. The second kappa shape index (κ2) is 3.93. The molecule has 1 radical (unpaired) electrons. The maximum absolute atomic E-state index is 9.58. The lowest BCUT2D eigenvalue weighted by atomic mass is 9.56. The number of methoxy groups -OCH3 is 1. The van der Waals surface area contributed by atoms with Gasteiger partial charge in [0.05, 0.1) is 0 Å². The van der Waals surface area contributed by atoms with Gasteiger partial charge in [-0.1, -0.05) is 41.3 Å². The van der Waals surface area contributed by atoms with Crippen molar-refractivity contribution in [2.24, 2.45) is 0 Å². The average Bonchev–Trinajstić information content (AvgIpc) is 2.36. The molecule has 0 aromatic heterocycles. The predicted octanol–water partition coefficient (Wildman–Crippen LogP) is 1.10. The van der Waals surface area contributed by atoms with Crippen molar-refractivity contribution in [2.45, 2.75) is 6.10 Å². The van der Waals surface area contributed by atoms with Crippen LogP contribution in [-0.4, -0.2) is 19.5 Å². The minimum Gasteiger partial charge on any atom is -0.508 e. The summed E-state index contributed by atoms with van der Waals surface area (Å²) in [5.41, 5.74) is 4.45. The minimum absolute atomic E-state index is 0.0988. The highest BCUT2D eigenvalue weighted by atomic mass is 16.5. The van der Waals surface area contributed by atoms with E-state index in [0.29, 0.717) is 0 Å². The standard InChI is InChI=1S/C14H12BO2/c1-17-14-10-4-2-3-5-12(10)15-13-7-6-9(16)8-11(13)14/h2-8,14,16H,1H3. The SMILES string of the molecule is COC1c2ccccc2[B]c2ccc(O)cc21. The number of hydrogen-bond acceptors (Lipinski definition) is 2. The molecule has 0 aliphatic carbocycles. The van der Waals surface area contributed by atoms with Gasteiger partial charge in [-0.3, -0.25) is 0 Å². The Bertz CT molecular complexity index is 566. The normalized spacial score (nSPS) is 16.9. The van der Waals surface area contributed by atoms with E-state index in [1.807, 2.05) is 18.2 Å². The van der Waals surface area contributed by atoms with E-state index in [-0.39, 0.29) is 11.9 Å². The monoisotopic (exact) mass is 223 g/mol. The van der Waals surface area contributed by atoms with Gasteiger partial charge in [-0.15, -0.1) is 0 Å². The number of ether oxygens (including phenoxy) is 1. The summed E-state index contributed by atoms with van der Waals surface area (Å²) in [7, 11) is 3.82. The zero-order chi connectivity index (χ0) is 11.8. The van der Waals surface area contributed by atoms with Crippen LogP contribution in [0, 0.1) is 0 Å². The molecule has 3 heteroatoms. The van der Waals surface area contributed by atoms with Crippen LogP contribution in [0.25, 0.3) is 0 Å². The molecule has 0 amide bonds.